The van der Waals surface area contributed by atoms with Gasteiger partial charge in [-0.3, -0.25) is 9.59 Å². The van der Waals surface area contributed by atoms with Crippen LogP contribution in [0.4, 0.5) is 13.2 Å². The molecule has 0 aliphatic rings. The van der Waals surface area contributed by atoms with E-state index >= 15 is 0 Å². The van der Waals surface area contributed by atoms with Crippen molar-refractivity contribution in [3.05, 3.63) is 65.7 Å². The second-order valence-corrected chi connectivity index (χ2v) is 7.36. The molecule has 0 spiro atoms. The molecule has 2 amide bonds. The van der Waals surface area contributed by atoms with Crippen molar-refractivity contribution in [3.8, 4) is 5.75 Å². The molecule has 2 atom stereocenters. The summed E-state index contributed by atoms with van der Waals surface area (Å²) in [5, 5.41) is 5.56. The highest BCUT2D eigenvalue weighted by atomic mass is 19.4. The summed E-state index contributed by atoms with van der Waals surface area (Å²) in [4.78, 5) is 25.2. The molecule has 2 rings (SSSR count). The number of alkyl halides is 3. The maximum absolute atomic E-state index is 12.9. The molecule has 2 aromatic rings. The van der Waals surface area contributed by atoms with Gasteiger partial charge in [0.2, 0.25) is 11.8 Å². The van der Waals surface area contributed by atoms with Gasteiger partial charge in [0.15, 0.2) is 0 Å². The standard InChI is InChI=1S/C22H25F3N2O3/c1-14(2)13-19(28)27-20(17-7-5-4-6-8-17)21(29)26-15(3)16-9-11-18(12-10-16)30-22(23,24)25/h4-12,14-15,20H,13H2,1-3H3,(H,26,29)(H,27,28). The highest BCUT2D eigenvalue weighted by Crippen LogP contribution is 2.25. The molecule has 2 aromatic carbocycles. The number of benzene rings is 2. The number of rotatable bonds is 8. The molecule has 2 unspecified atom stereocenters. The monoisotopic (exact) mass is 422 g/mol. The Balaban J connectivity index is 2.11. The van der Waals surface area contributed by atoms with E-state index in [4.69, 9.17) is 0 Å². The molecule has 0 radical (unpaired) electrons. The molecule has 2 N–H and O–H groups in total. The van der Waals surface area contributed by atoms with Gasteiger partial charge in [-0.05, 0) is 36.1 Å². The summed E-state index contributed by atoms with van der Waals surface area (Å²) in [5.74, 6) is -0.856. The summed E-state index contributed by atoms with van der Waals surface area (Å²) < 4.78 is 40.7. The van der Waals surface area contributed by atoms with Gasteiger partial charge in [0, 0.05) is 6.42 Å². The van der Waals surface area contributed by atoms with E-state index in [1.807, 2.05) is 19.9 Å². The fourth-order valence-electron chi connectivity index (χ4n) is 2.87. The van der Waals surface area contributed by atoms with Crippen molar-refractivity contribution in [1.82, 2.24) is 10.6 Å². The Morgan fingerprint density at radius 3 is 2.03 bits per heavy atom. The average Bonchev–Trinajstić information content (AvgIpc) is 2.65. The number of hydrogen-bond acceptors (Lipinski definition) is 3. The molecule has 0 heterocycles. The minimum Gasteiger partial charge on any atom is -0.406 e. The lowest BCUT2D eigenvalue weighted by Crippen LogP contribution is -2.41. The first-order valence-corrected chi connectivity index (χ1v) is 9.55. The molecule has 8 heteroatoms. The third-order valence-corrected chi connectivity index (χ3v) is 4.27. The van der Waals surface area contributed by atoms with Crippen LogP contribution in [0.15, 0.2) is 54.6 Å². The molecule has 0 aliphatic carbocycles. The van der Waals surface area contributed by atoms with Gasteiger partial charge >= 0.3 is 6.36 Å². The lowest BCUT2D eigenvalue weighted by molar-refractivity contribution is -0.274. The van der Waals surface area contributed by atoms with E-state index in [0.717, 1.165) is 0 Å². The fraction of sp³-hybridized carbons (Fsp3) is 0.364. The van der Waals surface area contributed by atoms with E-state index in [0.29, 0.717) is 11.1 Å². The number of nitrogens with one attached hydrogen (secondary N) is 2. The minimum absolute atomic E-state index is 0.140. The van der Waals surface area contributed by atoms with E-state index in [2.05, 4.69) is 15.4 Å². The van der Waals surface area contributed by atoms with Gasteiger partial charge < -0.3 is 15.4 Å². The third kappa shape index (κ3) is 7.42. The van der Waals surface area contributed by atoms with Gasteiger partial charge in [-0.25, -0.2) is 0 Å². The summed E-state index contributed by atoms with van der Waals surface area (Å²) in [5.41, 5.74) is 1.23. The molecule has 0 aliphatic heterocycles. The number of ether oxygens (including phenoxy) is 1. The van der Waals surface area contributed by atoms with E-state index in [1.54, 1.807) is 31.2 Å². The van der Waals surface area contributed by atoms with Gasteiger partial charge in [-0.15, -0.1) is 13.2 Å². The second-order valence-electron chi connectivity index (χ2n) is 7.36. The van der Waals surface area contributed by atoms with Crippen LogP contribution in [-0.2, 0) is 9.59 Å². The van der Waals surface area contributed by atoms with Crippen molar-refractivity contribution in [3.63, 3.8) is 0 Å². The normalized spacial score (nSPS) is 13.4. The van der Waals surface area contributed by atoms with Crippen LogP contribution in [0.25, 0.3) is 0 Å². The Hall–Kier alpha value is -3.03. The topological polar surface area (TPSA) is 67.4 Å². The highest BCUT2D eigenvalue weighted by molar-refractivity contribution is 5.89. The van der Waals surface area contributed by atoms with Crippen molar-refractivity contribution in [2.45, 2.75) is 45.6 Å². The highest BCUT2D eigenvalue weighted by Gasteiger charge is 2.31. The van der Waals surface area contributed by atoms with Gasteiger partial charge in [-0.1, -0.05) is 56.3 Å². The predicted octanol–water partition coefficient (Wildman–Crippen LogP) is 4.67. The minimum atomic E-state index is -4.77. The van der Waals surface area contributed by atoms with Crippen LogP contribution in [0, 0.1) is 5.92 Å². The Morgan fingerprint density at radius 2 is 1.50 bits per heavy atom. The maximum atomic E-state index is 12.9. The van der Waals surface area contributed by atoms with Crippen molar-refractivity contribution < 1.29 is 27.5 Å². The van der Waals surface area contributed by atoms with E-state index in [1.165, 1.54) is 24.3 Å². The van der Waals surface area contributed by atoms with Crippen LogP contribution < -0.4 is 15.4 Å². The van der Waals surface area contributed by atoms with Crippen LogP contribution in [0.2, 0.25) is 0 Å². The van der Waals surface area contributed by atoms with Crippen molar-refractivity contribution >= 4 is 11.8 Å². The lowest BCUT2D eigenvalue weighted by atomic mass is 10.0. The maximum Gasteiger partial charge on any atom is 0.573 e. The summed E-state index contributed by atoms with van der Waals surface area (Å²) in [7, 11) is 0. The van der Waals surface area contributed by atoms with Gasteiger partial charge in [0.05, 0.1) is 6.04 Å². The largest absolute Gasteiger partial charge is 0.573 e. The zero-order valence-corrected chi connectivity index (χ0v) is 17.0. The number of halogens is 3. The first kappa shape index (κ1) is 23.3. The van der Waals surface area contributed by atoms with E-state index in [-0.39, 0.29) is 24.0 Å². The zero-order valence-electron chi connectivity index (χ0n) is 17.0. The van der Waals surface area contributed by atoms with Crippen LogP contribution in [0.1, 0.15) is 50.4 Å². The number of hydrogen-bond donors (Lipinski definition) is 2. The van der Waals surface area contributed by atoms with E-state index in [9.17, 15) is 22.8 Å². The second kappa shape index (κ2) is 10.1. The molecule has 5 nitrogen and oxygen atoms in total. The Kier molecular flexibility index (Phi) is 7.86. The van der Waals surface area contributed by atoms with Crippen molar-refractivity contribution in [2.75, 3.05) is 0 Å². The van der Waals surface area contributed by atoms with Gasteiger partial charge in [0.25, 0.3) is 0 Å². The summed E-state index contributed by atoms with van der Waals surface area (Å²) >= 11 is 0. The summed E-state index contributed by atoms with van der Waals surface area (Å²) in [6.45, 7) is 5.52. The first-order chi connectivity index (χ1) is 14.0. The van der Waals surface area contributed by atoms with E-state index < -0.39 is 24.4 Å². The van der Waals surface area contributed by atoms with Crippen LogP contribution in [-0.4, -0.2) is 18.2 Å². The summed E-state index contributed by atoms with van der Waals surface area (Å²) in [6, 6.07) is 12.7. The number of carbonyl (C=O) groups is 2. The Morgan fingerprint density at radius 1 is 0.900 bits per heavy atom. The third-order valence-electron chi connectivity index (χ3n) is 4.27. The molecule has 0 fully saturated rings. The number of carbonyl (C=O) groups excluding carboxylic acids is 2. The number of amides is 2. The van der Waals surface area contributed by atoms with Gasteiger partial charge in [0.1, 0.15) is 11.8 Å². The fourth-order valence-corrected chi connectivity index (χ4v) is 2.87. The average molecular weight is 422 g/mol. The Bertz CT molecular complexity index is 837. The molecule has 0 saturated heterocycles. The Labute approximate surface area is 173 Å². The smallest absolute Gasteiger partial charge is 0.406 e. The molecular weight excluding hydrogens is 397 g/mol. The quantitative estimate of drug-likeness (QED) is 0.650. The van der Waals surface area contributed by atoms with Crippen LogP contribution in [0.3, 0.4) is 0 Å². The zero-order chi connectivity index (χ0) is 22.3. The molecule has 0 bridgehead atoms. The van der Waals surface area contributed by atoms with Gasteiger partial charge in [-0.2, -0.15) is 0 Å². The summed E-state index contributed by atoms with van der Waals surface area (Å²) in [6.07, 6.45) is -4.48. The predicted molar refractivity (Wildman–Crippen MR) is 106 cm³/mol. The molecule has 162 valence electrons. The first-order valence-electron chi connectivity index (χ1n) is 9.55. The lowest BCUT2D eigenvalue weighted by Gasteiger charge is -2.22. The molecule has 0 saturated carbocycles. The van der Waals surface area contributed by atoms with Crippen LogP contribution in [0.5, 0.6) is 5.75 Å². The molecule has 0 aromatic heterocycles. The van der Waals surface area contributed by atoms with Crippen molar-refractivity contribution in [1.29, 1.82) is 0 Å². The SMILES string of the molecule is CC(C)CC(=O)NC(C(=O)NC(C)c1ccc(OC(F)(F)F)cc1)c1ccccc1. The van der Waals surface area contributed by atoms with Crippen LogP contribution >= 0.6 is 0 Å². The van der Waals surface area contributed by atoms with Crippen molar-refractivity contribution in [2.24, 2.45) is 5.92 Å². The molecule has 30 heavy (non-hydrogen) atoms. The molecular formula is C22H25F3N2O3.